The van der Waals surface area contributed by atoms with E-state index in [0.29, 0.717) is 9.37 Å². The maximum Gasteiger partial charge on any atom is 0.207 e. The second kappa shape index (κ2) is 4.92. The molecule has 0 unspecified atom stereocenters. The quantitative estimate of drug-likeness (QED) is 0.793. The van der Waals surface area contributed by atoms with Gasteiger partial charge in [0.05, 0.1) is 14.3 Å². The van der Waals surface area contributed by atoms with E-state index in [9.17, 15) is 8.42 Å². The Labute approximate surface area is 117 Å². The molecule has 2 rings (SSSR count). The van der Waals surface area contributed by atoms with Gasteiger partial charge >= 0.3 is 0 Å². The lowest BCUT2D eigenvalue weighted by atomic mass is 10.4. The van der Waals surface area contributed by atoms with Crippen molar-refractivity contribution in [3.63, 3.8) is 0 Å². The first-order chi connectivity index (χ1) is 8.03. The van der Waals surface area contributed by atoms with Gasteiger partial charge in [-0.05, 0) is 56.1 Å². The molecule has 0 aliphatic rings. The molecule has 0 fully saturated rings. The molecule has 2 aromatic rings. The summed E-state index contributed by atoms with van der Waals surface area (Å²) in [5, 5.41) is 0. The fourth-order valence-corrected chi connectivity index (χ4v) is 4.19. The van der Waals surface area contributed by atoms with E-state index in [1.165, 1.54) is 0 Å². The van der Waals surface area contributed by atoms with E-state index in [1.54, 1.807) is 48.5 Å². The summed E-state index contributed by atoms with van der Waals surface area (Å²) in [4.78, 5) is 0.553. The Morgan fingerprint density at radius 1 is 0.824 bits per heavy atom. The highest BCUT2D eigenvalue weighted by Gasteiger charge is 2.20. The van der Waals surface area contributed by atoms with Gasteiger partial charge in [-0.2, -0.15) is 0 Å². The van der Waals surface area contributed by atoms with Crippen LogP contribution in [0.4, 0.5) is 0 Å². The van der Waals surface area contributed by atoms with Crippen LogP contribution >= 0.6 is 31.9 Å². The van der Waals surface area contributed by atoms with Crippen LogP contribution in [0.1, 0.15) is 0 Å². The van der Waals surface area contributed by atoms with Crippen molar-refractivity contribution >= 4 is 41.7 Å². The van der Waals surface area contributed by atoms with Gasteiger partial charge in [-0.1, -0.05) is 24.3 Å². The van der Waals surface area contributed by atoms with Crippen LogP contribution in [-0.4, -0.2) is 8.42 Å². The number of hydrogen-bond donors (Lipinski definition) is 0. The number of halogens is 2. The van der Waals surface area contributed by atoms with Crippen molar-refractivity contribution in [2.45, 2.75) is 9.79 Å². The highest BCUT2D eigenvalue weighted by molar-refractivity contribution is 9.13. The third-order valence-corrected chi connectivity index (χ3v) is 6.38. The van der Waals surface area contributed by atoms with Crippen LogP contribution in [-0.2, 0) is 9.84 Å². The van der Waals surface area contributed by atoms with E-state index in [2.05, 4.69) is 31.9 Å². The Bertz CT molecular complexity index is 637. The van der Waals surface area contributed by atoms with Crippen LogP contribution in [0.3, 0.4) is 0 Å². The summed E-state index contributed by atoms with van der Waals surface area (Å²) in [5.41, 5.74) is 0. The van der Waals surface area contributed by atoms with E-state index in [4.69, 9.17) is 0 Å². The summed E-state index contributed by atoms with van der Waals surface area (Å²) >= 11 is 6.59. The zero-order chi connectivity index (χ0) is 12.5. The zero-order valence-corrected chi connectivity index (χ0v) is 12.6. The van der Waals surface area contributed by atoms with Crippen LogP contribution in [0.25, 0.3) is 0 Å². The SMILES string of the molecule is O=S(=O)(c1ccccc1)c1cccc(Br)c1Br. The molecule has 0 N–H and O–H groups in total. The van der Waals surface area contributed by atoms with Crippen molar-refractivity contribution in [3.8, 4) is 0 Å². The molecule has 0 heterocycles. The standard InChI is InChI=1S/C12H8Br2O2S/c13-10-7-4-8-11(12(10)14)17(15,16)9-5-2-1-3-6-9/h1-8H. The van der Waals surface area contributed by atoms with Gasteiger partial charge in [0.25, 0.3) is 0 Å². The molecular weight excluding hydrogens is 368 g/mol. The van der Waals surface area contributed by atoms with E-state index in [0.717, 1.165) is 4.47 Å². The summed E-state index contributed by atoms with van der Waals surface area (Å²) in [6.45, 7) is 0. The maximum atomic E-state index is 12.4. The third kappa shape index (κ3) is 2.46. The molecule has 0 bridgehead atoms. The Balaban J connectivity index is 2.65. The summed E-state index contributed by atoms with van der Waals surface area (Å²) in [7, 11) is -3.47. The topological polar surface area (TPSA) is 34.1 Å². The molecule has 0 atom stereocenters. The second-order valence-electron chi connectivity index (χ2n) is 3.37. The molecular formula is C12H8Br2O2S. The van der Waals surface area contributed by atoms with Gasteiger partial charge in [0.1, 0.15) is 0 Å². The maximum absolute atomic E-state index is 12.4. The lowest BCUT2D eigenvalue weighted by molar-refractivity contribution is 0.595. The van der Waals surface area contributed by atoms with Gasteiger partial charge < -0.3 is 0 Å². The minimum absolute atomic E-state index is 0.262. The van der Waals surface area contributed by atoms with Gasteiger partial charge in [-0.15, -0.1) is 0 Å². The molecule has 0 amide bonds. The Kier molecular flexibility index (Phi) is 3.70. The van der Waals surface area contributed by atoms with E-state index >= 15 is 0 Å². The fraction of sp³-hybridized carbons (Fsp3) is 0. The fourth-order valence-electron chi connectivity index (χ4n) is 1.42. The summed E-state index contributed by atoms with van der Waals surface area (Å²) in [5.74, 6) is 0. The van der Waals surface area contributed by atoms with Crippen LogP contribution in [0.2, 0.25) is 0 Å². The first-order valence-electron chi connectivity index (χ1n) is 4.77. The van der Waals surface area contributed by atoms with Crippen molar-refractivity contribution in [1.29, 1.82) is 0 Å². The van der Waals surface area contributed by atoms with Gasteiger partial charge in [-0.25, -0.2) is 8.42 Å². The summed E-state index contributed by atoms with van der Waals surface area (Å²) in [6.07, 6.45) is 0. The third-order valence-electron chi connectivity index (χ3n) is 2.26. The van der Waals surface area contributed by atoms with Gasteiger partial charge in [0, 0.05) is 4.47 Å². The molecule has 0 radical (unpaired) electrons. The second-order valence-corrected chi connectivity index (χ2v) is 6.93. The van der Waals surface area contributed by atoms with Gasteiger partial charge in [0.15, 0.2) is 0 Å². The van der Waals surface area contributed by atoms with E-state index in [1.807, 2.05) is 0 Å². The lowest BCUT2D eigenvalue weighted by Gasteiger charge is -2.07. The minimum atomic E-state index is -3.47. The van der Waals surface area contributed by atoms with E-state index in [-0.39, 0.29) is 4.90 Å². The highest BCUT2D eigenvalue weighted by Crippen LogP contribution is 2.32. The molecule has 0 aliphatic carbocycles. The molecule has 2 aromatic carbocycles. The number of hydrogen-bond acceptors (Lipinski definition) is 2. The molecule has 0 saturated carbocycles. The normalized spacial score (nSPS) is 11.4. The number of sulfone groups is 1. The van der Waals surface area contributed by atoms with E-state index < -0.39 is 9.84 Å². The molecule has 0 spiro atoms. The zero-order valence-electron chi connectivity index (χ0n) is 8.60. The first kappa shape index (κ1) is 12.8. The van der Waals surface area contributed by atoms with Crippen molar-refractivity contribution in [1.82, 2.24) is 0 Å². The molecule has 0 saturated heterocycles. The highest BCUT2D eigenvalue weighted by atomic mass is 79.9. The van der Waals surface area contributed by atoms with Crippen LogP contribution in [0, 0.1) is 0 Å². The Morgan fingerprint density at radius 3 is 2.12 bits per heavy atom. The van der Waals surface area contributed by atoms with Crippen LogP contribution in [0.15, 0.2) is 67.3 Å². The molecule has 2 nitrogen and oxygen atoms in total. The average molecular weight is 376 g/mol. The predicted octanol–water partition coefficient (Wildman–Crippen LogP) is 4.04. The predicted molar refractivity (Wildman–Crippen MR) is 73.7 cm³/mol. The van der Waals surface area contributed by atoms with Gasteiger partial charge in [-0.3, -0.25) is 0 Å². The first-order valence-corrected chi connectivity index (χ1v) is 7.84. The van der Waals surface area contributed by atoms with Gasteiger partial charge in [0.2, 0.25) is 9.84 Å². The molecule has 0 aliphatic heterocycles. The lowest BCUT2D eigenvalue weighted by Crippen LogP contribution is -2.02. The number of rotatable bonds is 2. The monoisotopic (exact) mass is 374 g/mol. The molecule has 5 heteroatoms. The smallest absolute Gasteiger partial charge is 0.207 e. The van der Waals surface area contributed by atoms with Crippen molar-refractivity contribution < 1.29 is 8.42 Å². The average Bonchev–Trinajstić information content (AvgIpc) is 2.33. The Hall–Kier alpha value is -0.650. The van der Waals surface area contributed by atoms with Crippen LogP contribution < -0.4 is 0 Å². The number of benzene rings is 2. The summed E-state index contributed by atoms with van der Waals surface area (Å²) < 4.78 is 26.0. The summed E-state index contributed by atoms with van der Waals surface area (Å²) in [6, 6.07) is 13.4. The molecule has 88 valence electrons. The van der Waals surface area contributed by atoms with Crippen LogP contribution in [0.5, 0.6) is 0 Å². The molecule has 0 aromatic heterocycles. The van der Waals surface area contributed by atoms with Crippen molar-refractivity contribution in [2.75, 3.05) is 0 Å². The molecule has 17 heavy (non-hydrogen) atoms. The largest absolute Gasteiger partial charge is 0.218 e. The van der Waals surface area contributed by atoms with Crippen molar-refractivity contribution in [3.05, 3.63) is 57.5 Å². The Morgan fingerprint density at radius 2 is 1.47 bits per heavy atom. The van der Waals surface area contributed by atoms with Crippen molar-refractivity contribution in [2.24, 2.45) is 0 Å². The minimum Gasteiger partial charge on any atom is -0.218 e.